The third kappa shape index (κ3) is 6.72. The first kappa shape index (κ1) is 26.9. The summed E-state index contributed by atoms with van der Waals surface area (Å²) in [6.07, 6.45) is -4.54. The van der Waals surface area contributed by atoms with E-state index >= 15 is 4.39 Å². The van der Waals surface area contributed by atoms with Crippen LogP contribution < -0.4 is 21.7 Å². The predicted octanol–water partition coefficient (Wildman–Crippen LogP) is 3.06. The minimum atomic E-state index is -4.23. The number of primary amides is 1. The Hall–Kier alpha value is -0.680. The molecule has 1 aliphatic carbocycles. The highest BCUT2D eigenvalue weighted by Gasteiger charge is 2.49. The highest BCUT2D eigenvalue weighted by atomic mass is 35.5. The highest BCUT2D eigenvalue weighted by Crippen LogP contribution is 2.45. The first-order valence-electron chi connectivity index (χ1n) is 11.9. The van der Waals surface area contributed by atoms with Crippen molar-refractivity contribution in [2.24, 2.45) is 23.0 Å². The zero-order valence-electron chi connectivity index (χ0n) is 19.6. The standard InChI is InChI=1S/C22H38ClF4N5O/c1-21(2,3)10-15(18(28)33)31-19-17(24)20(30-11-29-19)32-8-4-5-16(32)13-7-6-12(9-14(13)23)22(25,26)27/h12-17,19-20,29-31H,4-11H2,1-3H3,(H2,28,33)/t12?,13?,14?,15-,16?,17?,19?,20?/m1/s1. The number of hydrogen-bond donors (Lipinski definition) is 4. The largest absolute Gasteiger partial charge is 0.391 e. The van der Waals surface area contributed by atoms with E-state index in [9.17, 15) is 18.0 Å². The fraction of sp³-hybridized carbons (Fsp3) is 0.955. The van der Waals surface area contributed by atoms with Crippen LogP contribution in [0.2, 0.25) is 0 Å². The van der Waals surface area contributed by atoms with Crippen molar-refractivity contribution in [1.82, 2.24) is 20.9 Å². The molecule has 0 spiro atoms. The lowest BCUT2D eigenvalue weighted by Crippen LogP contribution is -2.71. The first-order valence-corrected chi connectivity index (χ1v) is 12.3. The van der Waals surface area contributed by atoms with E-state index in [0.717, 1.165) is 12.8 Å². The number of alkyl halides is 5. The average molecular weight is 500 g/mol. The van der Waals surface area contributed by atoms with Gasteiger partial charge in [0, 0.05) is 24.6 Å². The maximum atomic E-state index is 15.7. The Kier molecular flexibility index (Phi) is 8.58. The molecule has 0 aromatic heterocycles. The number of nitrogens with two attached hydrogens (primary N) is 1. The summed E-state index contributed by atoms with van der Waals surface area (Å²) < 4.78 is 55.2. The molecule has 0 radical (unpaired) electrons. The number of halogens is 5. The monoisotopic (exact) mass is 499 g/mol. The van der Waals surface area contributed by atoms with Crippen molar-refractivity contribution in [2.45, 2.75) is 101 Å². The molecule has 8 atom stereocenters. The van der Waals surface area contributed by atoms with Gasteiger partial charge in [0.25, 0.3) is 0 Å². The van der Waals surface area contributed by atoms with Crippen LogP contribution in [0.3, 0.4) is 0 Å². The summed E-state index contributed by atoms with van der Waals surface area (Å²) in [6.45, 7) is 6.95. The summed E-state index contributed by atoms with van der Waals surface area (Å²) in [4.78, 5) is 14.0. The summed E-state index contributed by atoms with van der Waals surface area (Å²) >= 11 is 6.48. The van der Waals surface area contributed by atoms with Crippen LogP contribution in [-0.4, -0.2) is 66.2 Å². The number of carbonyl (C=O) groups is 1. The Balaban J connectivity index is 1.67. The van der Waals surface area contributed by atoms with Crippen molar-refractivity contribution in [3.8, 4) is 0 Å². The average Bonchev–Trinajstić information content (AvgIpc) is 3.16. The molecule has 0 bridgehead atoms. The topological polar surface area (TPSA) is 82.4 Å². The molecule has 33 heavy (non-hydrogen) atoms. The van der Waals surface area contributed by atoms with E-state index in [1.807, 2.05) is 25.7 Å². The third-order valence-electron chi connectivity index (χ3n) is 7.27. The van der Waals surface area contributed by atoms with Crippen LogP contribution in [0.5, 0.6) is 0 Å². The number of hydrogen-bond acceptors (Lipinski definition) is 5. The second-order valence-electron chi connectivity index (χ2n) is 11.0. The van der Waals surface area contributed by atoms with Gasteiger partial charge in [0.1, 0.15) is 0 Å². The van der Waals surface area contributed by atoms with E-state index in [0.29, 0.717) is 26.1 Å². The van der Waals surface area contributed by atoms with Crippen LogP contribution in [0.4, 0.5) is 17.6 Å². The molecule has 3 fully saturated rings. The molecule has 2 heterocycles. The van der Waals surface area contributed by atoms with Crippen LogP contribution in [0.25, 0.3) is 0 Å². The summed E-state index contributed by atoms with van der Waals surface area (Å²) in [7, 11) is 0. The van der Waals surface area contributed by atoms with E-state index in [1.165, 1.54) is 0 Å². The van der Waals surface area contributed by atoms with Crippen LogP contribution in [0.1, 0.15) is 59.3 Å². The normalized spacial score (nSPS) is 37.8. The van der Waals surface area contributed by atoms with E-state index in [2.05, 4.69) is 16.0 Å². The molecule has 7 unspecified atom stereocenters. The van der Waals surface area contributed by atoms with Crippen LogP contribution in [0.15, 0.2) is 0 Å². The summed E-state index contributed by atoms with van der Waals surface area (Å²) in [5, 5.41) is 8.68. The van der Waals surface area contributed by atoms with Crippen LogP contribution >= 0.6 is 11.6 Å². The van der Waals surface area contributed by atoms with E-state index in [-0.39, 0.29) is 30.2 Å². The summed E-state index contributed by atoms with van der Waals surface area (Å²) in [6, 6.07) is -0.753. The van der Waals surface area contributed by atoms with Gasteiger partial charge in [-0.05, 0) is 49.9 Å². The Labute approximate surface area is 198 Å². The lowest BCUT2D eigenvalue weighted by atomic mass is 9.77. The van der Waals surface area contributed by atoms with Crippen LogP contribution in [0, 0.1) is 17.3 Å². The van der Waals surface area contributed by atoms with Gasteiger partial charge in [-0.1, -0.05) is 20.8 Å². The number of nitrogens with one attached hydrogen (secondary N) is 3. The van der Waals surface area contributed by atoms with E-state index in [1.54, 1.807) is 0 Å². The number of carbonyl (C=O) groups excluding carboxylic acids is 1. The van der Waals surface area contributed by atoms with Gasteiger partial charge < -0.3 is 5.73 Å². The van der Waals surface area contributed by atoms with E-state index in [4.69, 9.17) is 17.3 Å². The number of nitrogens with zero attached hydrogens (tertiary/aromatic N) is 1. The molecule has 0 aromatic rings. The Morgan fingerprint density at radius 3 is 2.48 bits per heavy atom. The third-order valence-corrected chi connectivity index (χ3v) is 7.78. The molecule has 3 aliphatic rings. The second kappa shape index (κ2) is 10.5. The van der Waals surface area contributed by atoms with Crippen molar-refractivity contribution in [1.29, 1.82) is 0 Å². The Morgan fingerprint density at radius 2 is 1.91 bits per heavy atom. The van der Waals surface area contributed by atoms with Gasteiger partial charge >= 0.3 is 6.18 Å². The first-order chi connectivity index (χ1) is 15.3. The SMILES string of the molecule is CC(C)(C)C[C@@H](NC1NCNC(N2CCCC2C2CCC(C(F)(F)F)CC2Cl)C1F)C(N)=O. The Bertz CT molecular complexity index is 676. The number of rotatable bonds is 6. The molecule has 1 saturated carbocycles. The van der Waals surface area contributed by atoms with Gasteiger partial charge in [0.2, 0.25) is 5.91 Å². The molecule has 2 aliphatic heterocycles. The van der Waals surface area contributed by atoms with E-state index < -0.39 is 47.9 Å². The smallest absolute Gasteiger partial charge is 0.368 e. The van der Waals surface area contributed by atoms with Gasteiger partial charge in [-0.3, -0.25) is 25.6 Å². The summed E-state index contributed by atoms with van der Waals surface area (Å²) in [5.74, 6) is -2.00. The molecular weight excluding hydrogens is 462 g/mol. The minimum Gasteiger partial charge on any atom is -0.368 e. The fourth-order valence-electron chi connectivity index (χ4n) is 5.69. The minimum absolute atomic E-state index is 0.0672. The molecule has 2 saturated heterocycles. The molecule has 0 aromatic carbocycles. The molecule has 192 valence electrons. The zero-order chi connectivity index (χ0) is 24.6. The lowest BCUT2D eigenvalue weighted by molar-refractivity contribution is -0.184. The quantitative estimate of drug-likeness (QED) is 0.333. The molecule has 5 N–H and O–H groups in total. The zero-order valence-corrected chi connectivity index (χ0v) is 20.4. The molecule has 1 amide bonds. The van der Waals surface area contributed by atoms with Crippen molar-refractivity contribution in [3.63, 3.8) is 0 Å². The van der Waals surface area contributed by atoms with Crippen LogP contribution in [-0.2, 0) is 4.79 Å². The predicted molar refractivity (Wildman–Crippen MR) is 120 cm³/mol. The fourth-order valence-corrected chi connectivity index (χ4v) is 6.20. The number of amides is 1. The van der Waals surface area contributed by atoms with Gasteiger partial charge in [0.05, 0.1) is 24.3 Å². The number of likely N-dealkylation sites (tertiary alicyclic amines) is 1. The second-order valence-corrected chi connectivity index (χ2v) is 11.6. The van der Waals surface area contributed by atoms with Gasteiger partial charge in [-0.15, -0.1) is 11.6 Å². The van der Waals surface area contributed by atoms with Gasteiger partial charge in [-0.25, -0.2) is 4.39 Å². The van der Waals surface area contributed by atoms with Crippen molar-refractivity contribution >= 4 is 17.5 Å². The van der Waals surface area contributed by atoms with Crippen molar-refractivity contribution in [2.75, 3.05) is 13.2 Å². The molecular formula is C22H38ClF4N5O. The highest BCUT2D eigenvalue weighted by molar-refractivity contribution is 6.20. The maximum absolute atomic E-state index is 15.7. The molecule has 6 nitrogen and oxygen atoms in total. The maximum Gasteiger partial charge on any atom is 0.391 e. The molecule has 11 heteroatoms. The van der Waals surface area contributed by atoms with Crippen molar-refractivity contribution in [3.05, 3.63) is 0 Å². The van der Waals surface area contributed by atoms with Crippen molar-refractivity contribution < 1.29 is 22.4 Å². The lowest BCUT2D eigenvalue weighted by Gasteiger charge is -2.46. The molecule has 3 rings (SSSR count). The summed E-state index contributed by atoms with van der Waals surface area (Å²) in [5.41, 5.74) is 5.40. The Morgan fingerprint density at radius 1 is 1.21 bits per heavy atom. The van der Waals surface area contributed by atoms with Gasteiger partial charge in [-0.2, -0.15) is 13.2 Å². The van der Waals surface area contributed by atoms with Gasteiger partial charge in [0.15, 0.2) is 6.17 Å².